The highest BCUT2D eigenvalue weighted by molar-refractivity contribution is 8.01. The molecule has 0 bridgehead atoms. The Balaban J connectivity index is 1.28. The van der Waals surface area contributed by atoms with E-state index in [1.165, 1.54) is 0 Å². The Morgan fingerprint density at radius 2 is 2.28 bits per heavy atom. The zero-order valence-electron chi connectivity index (χ0n) is 14.5. The first-order valence-corrected chi connectivity index (χ1v) is 9.48. The molecule has 1 amide bonds. The third-order valence-electron chi connectivity index (χ3n) is 4.79. The van der Waals surface area contributed by atoms with Gasteiger partial charge in [-0.1, -0.05) is 6.07 Å². The van der Waals surface area contributed by atoms with Gasteiger partial charge in [-0.05, 0) is 25.5 Å². The van der Waals surface area contributed by atoms with Crippen LogP contribution in [0.3, 0.4) is 0 Å². The number of carbonyl (C=O) groups is 1. The Bertz CT molecular complexity index is 785. The molecule has 2 saturated heterocycles. The summed E-state index contributed by atoms with van der Waals surface area (Å²) in [6, 6.07) is 6.01. The number of likely N-dealkylation sites (tertiary alicyclic amines) is 1. The summed E-state index contributed by atoms with van der Waals surface area (Å²) in [6.07, 6.45) is 4.65. The van der Waals surface area contributed by atoms with E-state index in [2.05, 4.69) is 10.1 Å². The van der Waals surface area contributed by atoms with Crippen LogP contribution in [0.15, 0.2) is 30.6 Å². The zero-order valence-corrected chi connectivity index (χ0v) is 15.3. The van der Waals surface area contributed by atoms with Crippen molar-refractivity contribution < 1.29 is 9.53 Å². The highest BCUT2D eigenvalue weighted by atomic mass is 32.2. The van der Waals surface area contributed by atoms with Gasteiger partial charge in [0.25, 0.3) is 5.91 Å². The number of carbonyl (C=O) groups excluding carboxylic acids is 1. The van der Waals surface area contributed by atoms with Gasteiger partial charge in [-0.2, -0.15) is 5.10 Å². The van der Waals surface area contributed by atoms with Gasteiger partial charge in [-0.25, -0.2) is 0 Å². The molecule has 0 aliphatic carbocycles. The summed E-state index contributed by atoms with van der Waals surface area (Å²) in [5, 5.41) is 4.08. The third kappa shape index (κ3) is 3.43. The number of pyridine rings is 1. The lowest BCUT2D eigenvalue weighted by molar-refractivity contribution is 0.0245. The summed E-state index contributed by atoms with van der Waals surface area (Å²) in [4.78, 5) is 18.8. The molecule has 6 nitrogen and oxygen atoms in total. The zero-order chi connectivity index (χ0) is 17.4. The lowest BCUT2D eigenvalue weighted by Crippen LogP contribution is -2.60. The number of hydrogen-bond donors (Lipinski definition) is 0. The van der Waals surface area contributed by atoms with E-state index in [1.807, 2.05) is 48.8 Å². The molecule has 25 heavy (non-hydrogen) atoms. The molecule has 1 unspecified atom stereocenters. The van der Waals surface area contributed by atoms with Crippen molar-refractivity contribution in [2.24, 2.45) is 7.05 Å². The largest absolute Gasteiger partial charge is 0.371 e. The second kappa shape index (κ2) is 6.46. The van der Waals surface area contributed by atoms with Crippen LogP contribution < -0.4 is 0 Å². The van der Waals surface area contributed by atoms with E-state index in [0.717, 1.165) is 36.7 Å². The van der Waals surface area contributed by atoms with E-state index in [4.69, 9.17) is 4.74 Å². The number of ether oxygens (including phenoxy) is 1. The summed E-state index contributed by atoms with van der Waals surface area (Å²) < 4.78 is 7.89. The normalized spacial score (nSPS) is 21.5. The van der Waals surface area contributed by atoms with Gasteiger partial charge >= 0.3 is 0 Å². The molecule has 1 atom stereocenters. The molecule has 0 saturated carbocycles. The van der Waals surface area contributed by atoms with Gasteiger partial charge in [0, 0.05) is 37.8 Å². The highest BCUT2D eigenvalue weighted by Gasteiger charge is 2.51. The number of aromatic nitrogens is 3. The van der Waals surface area contributed by atoms with E-state index in [-0.39, 0.29) is 16.8 Å². The van der Waals surface area contributed by atoms with Gasteiger partial charge in [0.05, 0.1) is 34.9 Å². The van der Waals surface area contributed by atoms with Crippen LogP contribution in [-0.2, 0) is 18.4 Å². The molecule has 7 heteroatoms. The molecule has 2 aliphatic heterocycles. The maximum atomic E-state index is 12.4. The molecule has 2 aromatic rings. The van der Waals surface area contributed by atoms with Crippen molar-refractivity contribution in [3.05, 3.63) is 47.5 Å². The van der Waals surface area contributed by atoms with E-state index in [0.29, 0.717) is 12.2 Å². The average molecular weight is 358 g/mol. The third-order valence-corrected chi connectivity index (χ3v) is 6.36. The predicted octanol–water partition coefficient (Wildman–Crippen LogP) is 2.04. The monoisotopic (exact) mass is 358 g/mol. The highest BCUT2D eigenvalue weighted by Crippen LogP contribution is 2.46. The molecule has 132 valence electrons. The summed E-state index contributed by atoms with van der Waals surface area (Å²) in [5.41, 5.74) is 2.66. The molecular weight excluding hydrogens is 336 g/mol. The molecule has 0 N–H and O–H groups in total. The minimum atomic E-state index is 0.0765. The Morgan fingerprint density at radius 1 is 1.44 bits per heavy atom. The van der Waals surface area contributed by atoms with Crippen LogP contribution >= 0.6 is 11.8 Å². The molecule has 2 fully saturated rings. The van der Waals surface area contributed by atoms with E-state index in [1.54, 1.807) is 17.1 Å². The van der Waals surface area contributed by atoms with Crippen molar-refractivity contribution in [2.75, 3.05) is 18.8 Å². The minimum Gasteiger partial charge on any atom is -0.371 e. The molecule has 4 heterocycles. The maximum absolute atomic E-state index is 12.4. The lowest BCUT2D eigenvalue weighted by Gasteiger charge is -2.47. The second-order valence-corrected chi connectivity index (χ2v) is 8.45. The average Bonchev–Trinajstić information content (AvgIpc) is 3.18. The van der Waals surface area contributed by atoms with E-state index >= 15 is 0 Å². The number of aryl methyl sites for hydroxylation is 2. The standard InChI is InChI=1S/C18H22N4O2S/c1-13-4-3-5-15(20-13)9-24-16-6-18(25-10-16)11-22(12-18)17(23)14-7-19-21(2)8-14/h3-5,7-8,16H,6,9-12H2,1-2H3. The first-order chi connectivity index (χ1) is 12.0. The first-order valence-electron chi connectivity index (χ1n) is 8.49. The van der Waals surface area contributed by atoms with Crippen molar-refractivity contribution in [2.45, 2.75) is 30.8 Å². The number of thioether (sulfide) groups is 1. The van der Waals surface area contributed by atoms with Gasteiger partial charge in [0.15, 0.2) is 0 Å². The molecular formula is C18H22N4O2S. The number of amides is 1. The van der Waals surface area contributed by atoms with Gasteiger partial charge in [-0.15, -0.1) is 11.8 Å². The summed E-state index contributed by atoms with van der Waals surface area (Å²) in [5.74, 6) is 1.06. The molecule has 4 rings (SSSR count). The molecule has 2 aliphatic rings. The molecule has 2 aromatic heterocycles. The Kier molecular flexibility index (Phi) is 4.29. The van der Waals surface area contributed by atoms with Gasteiger partial charge in [-0.3, -0.25) is 14.5 Å². The van der Waals surface area contributed by atoms with E-state index in [9.17, 15) is 4.79 Å². The van der Waals surface area contributed by atoms with Crippen molar-refractivity contribution in [1.29, 1.82) is 0 Å². The summed E-state index contributed by atoms with van der Waals surface area (Å²) in [7, 11) is 1.83. The number of nitrogens with zero attached hydrogens (tertiary/aromatic N) is 4. The SMILES string of the molecule is Cc1cccc(COC2CSC3(C2)CN(C(=O)c2cnn(C)c2)C3)n1. The molecule has 0 aromatic carbocycles. The van der Waals surface area contributed by atoms with Gasteiger partial charge in [0.2, 0.25) is 0 Å². The van der Waals surface area contributed by atoms with Crippen molar-refractivity contribution in [1.82, 2.24) is 19.7 Å². The van der Waals surface area contributed by atoms with Gasteiger partial charge in [0.1, 0.15) is 0 Å². The second-order valence-electron chi connectivity index (χ2n) is 6.97. The fourth-order valence-electron chi connectivity index (χ4n) is 3.52. The Labute approximate surface area is 151 Å². The fourth-order valence-corrected chi connectivity index (χ4v) is 5.07. The number of hydrogen-bond acceptors (Lipinski definition) is 5. The smallest absolute Gasteiger partial charge is 0.257 e. The molecule has 1 spiro atoms. The van der Waals surface area contributed by atoms with Crippen LogP contribution in [0, 0.1) is 6.92 Å². The van der Waals surface area contributed by atoms with Gasteiger partial charge < -0.3 is 9.64 Å². The Hall–Kier alpha value is -1.86. The van der Waals surface area contributed by atoms with Crippen LogP contribution in [0.1, 0.15) is 28.2 Å². The van der Waals surface area contributed by atoms with E-state index < -0.39 is 0 Å². The van der Waals surface area contributed by atoms with Crippen molar-refractivity contribution in [3.63, 3.8) is 0 Å². The fraction of sp³-hybridized carbons (Fsp3) is 0.500. The van der Waals surface area contributed by atoms with Crippen LogP contribution in [0.25, 0.3) is 0 Å². The topological polar surface area (TPSA) is 60.2 Å². The summed E-state index contributed by atoms with van der Waals surface area (Å²) >= 11 is 1.94. The van der Waals surface area contributed by atoms with Crippen LogP contribution in [-0.4, -0.2) is 55.3 Å². The number of rotatable bonds is 4. The lowest BCUT2D eigenvalue weighted by atomic mass is 9.92. The first kappa shape index (κ1) is 16.6. The quantitative estimate of drug-likeness (QED) is 0.837. The van der Waals surface area contributed by atoms with Crippen LogP contribution in [0.2, 0.25) is 0 Å². The summed E-state index contributed by atoms with van der Waals surface area (Å²) in [6.45, 7) is 4.15. The van der Waals surface area contributed by atoms with Crippen LogP contribution in [0.4, 0.5) is 0 Å². The molecule has 0 radical (unpaired) electrons. The maximum Gasteiger partial charge on any atom is 0.257 e. The Morgan fingerprint density at radius 3 is 3.00 bits per heavy atom. The van der Waals surface area contributed by atoms with Crippen molar-refractivity contribution >= 4 is 17.7 Å². The minimum absolute atomic E-state index is 0.0765. The predicted molar refractivity (Wildman–Crippen MR) is 96.5 cm³/mol. The van der Waals surface area contributed by atoms with Crippen LogP contribution in [0.5, 0.6) is 0 Å². The van der Waals surface area contributed by atoms with Crippen molar-refractivity contribution in [3.8, 4) is 0 Å².